The van der Waals surface area contributed by atoms with Crippen molar-refractivity contribution in [2.45, 2.75) is 31.7 Å². The Bertz CT molecular complexity index is 922. The van der Waals surface area contributed by atoms with Crippen LogP contribution in [0.5, 0.6) is 5.75 Å². The molecule has 4 heterocycles. The van der Waals surface area contributed by atoms with Gasteiger partial charge in [0.15, 0.2) is 0 Å². The highest BCUT2D eigenvalue weighted by Gasteiger charge is 2.45. The summed E-state index contributed by atoms with van der Waals surface area (Å²) in [6.07, 6.45) is 3.84. The van der Waals surface area contributed by atoms with E-state index in [9.17, 15) is 9.59 Å². The lowest BCUT2D eigenvalue weighted by molar-refractivity contribution is -0.144. The molecule has 3 unspecified atom stereocenters. The highest BCUT2D eigenvalue weighted by atomic mass is 16.5. The Balaban J connectivity index is 1.31. The Morgan fingerprint density at radius 1 is 1.21 bits per heavy atom. The molecule has 3 aliphatic heterocycles. The molecule has 2 aromatic rings. The number of rotatable bonds is 3. The maximum absolute atomic E-state index is 13.2. The summed E-state index contributed by atoms with van der Waals surface area (Å²) in [5.74, 6) is 1.85. The average Bonchev–Trinajstić information content (AvgIpc) is 3.24. The van der Waals surface area contributed by atoms with E-state index in [2.05, 4.69) is 15.1 Å². The van der Waals surface area contributed by atoms with Crippen molar-refractivity contribution in [3.63, 3.8) is 0 Å². The van der Waals surface area contributed by atoms with Gasteiger partial charge in [-0.2, -0.15) is 5.10 Å². The summed E-state index contributed by atoms with van der Waals surface area (Å²) >= 11 is 0. The quantitative estimate of drug-likeness (QED) is 0.868. The first kappa shape index (κ1) is 18.2. The number of hydrogen-bond acceptors (Lipinski definition) is 4. The second-order valence-electron chi connectivity index (χ2n) is 8.47. The number of nitrogens with one attached hydrogen (secondary N) is 1. The number of benzene rings is 1. The topological polar surface area (TPSA) is 78.5 Å². The number of ether oxygens (including phenoxy) is 1. The summed E-state index contributed by atoms with van der Waals surface area (Å²) in [5.41, 5.74) is 2.21. The van der Waals surface area contributed by atoms with Gasteiger partial charge in [0.2, 0.25) is 5.91 Å². The molecule has 1 aromatic carbocycles. The lowest BCUT2D eigenvalue weighted by Crippen LogP contribution is -2.61. The number of amides is 2. The number of H-pyrrole nitrogens is 1. The highest BCUT2D eigenvalue weighted by Crippen LogP contribution is 2.38. The third-order valence-electron chi connectivity index (χ3n) is 6.66. The van der Waals surface area contributed by atoms with Crippen LogP contribution in [0.3, 0.4) is 0 Å². The molecule has 7 nitrogen and oxygen atoms in total. The van der Waals surface area contributed by atoms with Gasteiger partial charge in [-0.1, -0.05) is 0 Å². The summed E-state index contributed by atoms with van der Waals surface area (Å²) in [6, 6.07) is 9.76. The molecule has 0 radical (unpaired) electrons. The van der Waals surface area contributed by atoms with Crippen LogP contribution in [-0.4, -0.2) is 64.6 Å². The van der Waals surface area contributed by atoms with E-state index in [4.69, 9.17) is 4.74 Å². The van der Waals surface area contributed by atoms with Crippen LogP contribution < -0.4 is 4.74 Å². The van der Waals surface area contributed by atoms with Crippen molar-refractivity contribution in [1.82, 2.24) is 20.0 Å². The minimum absolute atomic E-state index is 0.00236. The first-order valence-electron chi connectivity index (χ1n) is 10.4. The fourth-order valence-electron chi connectivity index (χ4n) is 5.29. The zero-order valence-corrected chi connectivity index (χ0v) is 16.6. The number of carbonyl (C=O) groups is 2. The van der Waals surface area contributed by atoms with Crippen LogP contribution in [0.15, 0.2) is 30.3 Å². The fourth-order valence-corrected chi connectivity index (χ4v) is 5.29. The molecular weight excluding hydrogens is 368 g/mol. The average molecular weight is 394 g/mol. The molecule has 3 atom stereocenters. The van der Waals surface area contributed by atoms with Gasteiger partial charge in [-0.25, -0.2) is 0 Å². The molecule has 3 saturated heterocycles. The lowest BCUT2D eigenvalue weighted by atomic mass is 9.76. The molecule has 7 heteroatoms. The van der Waals surface area contributed by atoms with Crippen LogP contribution in [-0.2, 0) is 4.79 Å². The van der Waals surface area contributed by atoms with Crippen LogP contribution >= 0.6 is 0 Å². The van der Waals surface area contributed by atoms with Crippen LogP contribution in [0.25, 0.3) is 11.3 Å². The maximum Gasteiger partial charge on any atom is 0.271 e. The number of piperidine rings is 3. The highest BCUT2D eigenvalue weighted by molar-refractivity contribution is 5.93. The van der Waals surface area contributed by atoms with Gasteiger partial charge in [-0.05, 0) is 61.4 Å². The minimum atomic E-state index is 0.00236. The smallest absolute Gasteiger partial charge is 0.271 e. The van der Waals surface area contributed by atoms with Crippen LogP contribution in [0.1, 0.15) is 36.2 Å². The Morgan fingerprint density at radius 3 is 2.83 bits per heavy atom. The predicted octanol–water partition coefficient (Wildman–Crippen LogP) is 2.56. The Morgan fingerprint density at radius 2 is 2.03 bits per heavy atom. The predicted molar refractivity (Wildman–Crippen MR) is 107 cm³/mol. The maximum atomic E-state index is 13.2. The molecule has 3 fully saturated rings. The Kier molecular flexibility index (Phi) is 4.53. The number of carbonyl (C=O) groups excluding carboxylic acids is 2. The summed E-state index contributed by atoms with van der Waals surface area (Å²) in [5, 5.41) is 7.26. The summed E-state index contributed by atoms with van der Waals surface area (Å²) < 4.78 is 5.19. The number of aromatic nitrogens is 2. The van der Waals surface area contributed by atoms with E-state index in [1.165, 1.54) is 0 Å². The van der Waals surface area contributed by atoms with E-state index in [0.29, 0.717) is 42.4 Å². The van der Waals surface area contributed by atoms with Crippen molar-refractivity contribution in [3.8, 4) is 17.0 Å². The van der Waals surface area contributed by atoms with Gasteiger partial charge in [0.05, 0.1) is 12.8 Å². The zero-order chi connectivity index (χ0) is 20.0. The van der Waals surface area contributed by atoms with E-state index < -0.39 is 0 Å². The molecule has 152 valence electrons. The molecule has 0 aliphatic carbocycles. The third kappa shape index (κ3) is 3.28. The van der Waals surface area contributed by atoms with Crippen LogP contribution in [0, 0.1) is 11.8 Å². The number of aromatic amines is 1. The van der Waals surface area contributed by atoms with Gasteiger partial charge in [-0.3, -0.25) is 14.7 Å². The molecule has 29 heavy (non-hydrogen) atoms. The molecular formula is C22H26N4O3. The molecule has 5 rings (SSSR count). The molecule has 3 aliphatic rings. The molecule has 0 spiro atoms. The molecule has 2 bridgehead atoms. The number of nitrogens with zero attached hydrogens (tertiary/aromatic N) is 3. The summed E-state index contributed by atoms with van der Waals surface area (Å²) in [7, 11) is 1.64. The number of methoxy groups -OCH3 is 1. The normalized spacial score (nSPS) is 26.2. The van der Waals surface area contributed by atoms with Gasteiger partial charge in [0.25, 0.3) is 5.91 Å². The van der Waals surface area contributed by atoms with Crippen molar-refractivity contribution < 1.29 is 14.3 Å². The van der Waals surface area contributed by atoms with Crippen molar-refractivity contribution >= 4 is 11.8 Å². The molecule has 2 amide bonds. The van der Waals surface area contributed by atoms with E-state index in [1.807, 2.05) is 35.2 Å². The van der Waals surface area contributed by atoms with E-state index >= 15 is 0 Å². The first-order valence-corrected chi connectivity index (χ1v) is 10.4. The number of hydrogen-bond donors (Lipinski definition) is 1. The second kappa shape index (κ2) is 7.21. The van der Waals surface area contributed by atoms with Crippen molar-refractivity contribution in [2.24, 2.45) is 11.8 Å². The van der Waals surface area contributed by atoms with E-state index in [-0.39, 0.29) is 5.91 Å². The standard InChI is InChI=1S/C22H26N4O3/c1-29-17-7-5-15(6-8-17)18-10-19(24-23-18)22(28)25-11-14-9-16(13-25)20-3-2-4-21(27)26(20)12-14/h5-8,10,14,16,20H,2-4,9,11-13H2,1H3,(H,23,24). The Labute approximate surface area is 170 Å². The van der Waals surface area contributed by atoms with Gasteiger partial charge in [0.1, 0.15) is 11.4 Å². The van der Waals surface area contributed by atoms with Gasteiger partial charge >= 0.3 is 0 Å². The second-order valence-corrected chi connectivity index (χ2v) is 8.47. The SMILES string of the molecule is COc1ccc(-c2cc(C(=O)N3CC4CC(C3)C3CCCC(=O)N3C4)[nH]n2)cc1. The fraction of sp³-hybridized carbons (Fsp3) is 0.500. The van der Waals surface area contributed by atoms with E-state index in [0.717, 1.165) is 49.4 Å². The molecule has 0 saturated carbocycles. The first-order chi connectivity index (χ1) is 14.1. The van der Waals surface area contributed by atoms with Gasteiger partial charge in [0, 0.05) is 37.7 Å². The summed E-state index contributed by atoms with van der Waals surface area (Å²) in [4.78, 5) is 29.5. The van der Waals surface area contributed by atoms with Crippen LogP contribution in [0.4, 0.5) is 0 Å². The molecule has 1 N–H and O–H groups in total. The summed E-state index contributed by atoms with van der Waals surface area (Å²) in [6.45, 7) is 2.23. The number of fused-ring (bicyclic) bond motifs is 4. The van der Waals surface area contributed by atoms with Crippen molar-refractivity contribution in [1.29, 1.82) is 0 Å². The third-order valence-corrected chi connectivity index (χ3v) is 6.66. The monoisotopic (exact) mass is 394 g/mol. The molecule has 1 aromatic heterocycles. The largest absolute Gasteiger partial charge is 0.497 e. The lowest BCUT2D eigenvalue weighted by Gasteiger charge is -2.52. The Hall–Kier alpha value is -2.83. The van der Waals surface area contributed by atoms with Crippen molar-refractivity contribution in [3.05, 3.63) is 36.0 Å². The number of likely N-dealkylation sites (tertiary alicyclic amines) is 1. The minimum Gasteiger partial charge on any atom is -0.497 e. The van der Waals surface area contributed by atoms with Crippen LogP contribution in [0.2, 0.25) is 0 Å². The van der Waals surface area contributed by atoms with Crippen molar-refractivity contribution in [2.75, 3.05) is 26.7 Å². The zero-order valence-electron chi connectivity index (χ0n) is 16.6. The van der Waals surface area contributed by atoms with Gasteiger partial charge < -0.3 is 14.5 Å². The van der Waals surface area contributed by atoms with E-state index in [1.54, 1.807) is 7.11 Å². The van der Waals surface area contributed by atoms with Gasteiger partial charge in [-0.15, -0.1) is 0 Å².